The van der Waals surface area contributed by atoms with Crippen LogP contribution in [0.3, 0.4) is 0 Å². The van der Waals surface area contributed by atoms with Crippen LogP contribution in [0.25, 0.3) is 0 Å². The maximum absolute atomic E-state index is 3.68. The van der Waals surface area contributed by atoms with Crippen LogP contribution >= 0.6 is 0 Å². The molecule has 1 aliphatic carbocycles. The number of nitrogens with one attached hydrogen (secondary N) is 1. The number of likely N-dealkylation sites (N-methyl/N-ethyl adjacent to an activating group) is 1. The Balaban J connectivity index is 1.63. The van der Waals surface area contributed by atoms with Gasteiger partial charge in [-0.2, -0.15) is 0 Å². The van der Waals surface area contributed by atoms with Crippen LogP contribution in [0.15, 0.2) is 0 Å². The molecule has 0 amide bonds. The molecule has 2 aliphatic rings. The van der Waals surface area contributed by atoms with Crippen LogP contribution in [-0.4, -0.2) is 86.7 Å². The molecule has 0 radical (unpaired) electrons. The van der Waals surface area contributed by atoms with Gasteiger partial charge in [-0.15, -0.1) is 0 Å². The smallest absolute Gasteiger partial charge is 0.0113 e. The summed E-state index contributed by atoms with van der Waals surface area (Å²) in [4.78, 5) is 7.57. The van der Waals surface area contributed by atoms with E-state index in [0.717, 1.165) is 12.0 Å². The molecule has 1 heterocycles. The minimum absolute atomic E-state index is 0.706. The summed E-state index contributed by atoms with van der Waals surface area (Å²) >= 11 is 0. The van der Waals surface area contributed by atoms with E-state index in [1.165, 1.54) is 58.7 Å². The van der Waals surface area contributed by atoms with Crippen molar-refractivity contribution in [2.75, 3.05) is 59.9 Å². The van der Waals surface area contributed by atoms with Crippen LogP contribution in [0.2, 0.25) is 0 Å². The SMILES string of the molecule is CC(CNC1CC1)C(C)N1CCN(CCN(C)C)CC1. The zero-order valence-corrected chi connectivity index (χ0v) is 13.9. The third kappa shape index (κ3) is 5.32. The summed E-state index contributed by atoms with van der Waals surface area (Å²) in [6.07, 6.45) is 2.79. The van der Waals surface area contributed by atoms with Gasteiger partial charge in [0.1, 0.15) is 0 Å². The van der Waals surface area contributed by atoms with Gasteiger partial charge in [-0.05, 0) is 46.3 Å². The zero-order valence-electron chi connectivity index (χ0n) is 13.9. The van der Waals surface area contributed by atoms with Crippen molar-refractivity contribution in [3.05, 3.63) is 0 Å². The topological polar surface area (TPSA) is 21.8 Å². The highest BCUT2D eigenvalue weighted by molar-refractivity contribution is 4.84. The summed E-state index contributed by atoms with van der Waals surface area (Å²) < 4.78 is 0. The lowest BCUT2D eigenvalue weighted by molar-refractivity contribution is 0.0771. The summed E-state index contributed by atoms with van der Waals surface area (Å²) in [6, 6.07) is 1.55. The van der Waals surface area contributed by atoms with Crippen molar-refractivity contribution in [1.29, 1.82) is 0 Å². The van der Waals surface area contributed by atoms with Gasteiger partial charge in [0, 0.05) is 51.4 Å². The lowest BCUT2D eigenvalue weighted by Crippen LogP contribution is -2.53. The Bertz CT molecular complexity index is 270. The van der Waals surface area contributed by atoms with Crippen LogP contribution in [0, 0.1) is 5.92 Å². The summed E-state index contributed by atoms with van der Waals surface area (Å²) in [5.74, 6) is 0.754. The molecule has 0 bridgehead atoms. The van der Waals surface area contributed by atoms with E-state index in [1.807, 2.05) is 0 Å². The van der Waals surface area contributed by atoms with Crippen molar-refractivity contribution in [2.45, 2.75) is 38.8 Å². The fourth-order valence-electron chi connectivity index (χ4n) is 2.91. The normalized spacial score (nSPS) is 25.1. The van der Waals surface area contributed by atoms with Crippen LogP contribution in [-0.2, 0) is 0 Å². The number of nitrogens with zero attached hydrogens (tertiary/aromatic N) is 3. The van der Waals surface area contributed by atoms with Crippen molar-refractivity contribution in [1.82, 2.24) is 20.0 Å². The molecule has 0 aromatic rings. The number of hydrogen-bond donors (Lipinski definition) is 1. The van der Waals surface area contributed by atoms with Gasteiger partial charge in [0.2, 0.25) is 0 Å². The summed E-state index contributed by atoms with van der Waals surface area (Å²) in [7, 11) is 4.32. The fraction of sp³-hybridized carbons (Fsp3) is 1.00. The Morgan fingerprint density at radius 2 is 1.75 bits per heavy atom. The monoisotopic (exact) mass is 282 g/mol. The predicted octanol–water partition coefficient (Wildman–Crippen LogP) is 0.942. The molecule has 2 atom stereocenters. The van der Waals surface area contributed by atoms with E-state index in [0.29, 0.717) is 6.04 Å². The van der Waals surface area contributed by atoms with E-state index in [2.05, 4.69) is 48.0 Å². The highest BCUT2D eigenvalue weighted by Crippen LogP contribution is 2.20. The maximum atomic E-state index is 3.68. The minimum atomic E-state index is 0.706. The molecule has 2 fully saturated rings. The molecule has 0 aromatic carbocycles. The molecule has 0 aromatic heterocycles. The van der Waals surface area contributed by atoms with Crippen molar-refractivity contribution in [2.24, 2.45) is 5.92 Å². The first-order valence-electron chi connectivity index (χ1n) is 8.40. The highest BCUT2D eigenvalue weighted by Gasteiger charge is 2.26. The molecule has 1 N–H and O–H groups in total. The van der Waals surface area contributed by atoms with Crippen molar-refractivity contribution in [3.8, 4) is 0 Å². The van der Waals surface area contributed by atoms with Crippen LogP contribution in [0.5, 0.6) is 0 Å². The molecule has 20 heavy (non-hydrogen) atoms. The second kappa shape index (κ2) is 7.74. The van der Waals surface area contributed by atoms with E-state index < -0.39 is 0 Å². The molecule has 1 aliphatic heterocycles. The predicted molar refractivity (Wildman–Crippen MR) is 86.2 cm³/mol. The lowest BCUT2D eigenvalue weighted by atomic mass is 10.0. The van der Waals surface area contributed by atoms with E-state index in [4.69, 9.17) is 0 Å². The number of hydrogen-bond acceptors (Lipinski definition) is 4. The molecule has 2 unspecified atom stereocenters. The standard InChI is InChI=1S/C16H34N4/c1-14(13-17-16-5-6-16)15(2)20-11-9-19(10-12-20)8-7-18(3)4/h14-17H,5-13H2,1-4H3. The van der Waals surface area contributed by atoms with Gasteiger partial charge in [-0.25, -0.2) is 0 Å². The molecule has 0 spiro atoms. The Morgan fingerprint density at radius 3 is 2.30 bits per heavy atom. The van der Waals surface area contributed by atoms with E-state index in [9.17, 15) is 0 Å². The average Bonchev–Trinajstić information content (AvgIpc) is 3.26. The van der Waals surface area contributed by atoms with E-state index in [-0.39, 0.29) is 0 Å². The van der Waals surface area contributed by atoms with Gasteiger partial charge < -0.3 is 10.2 Å². The highest BCUT2D eigenvalue weighted by atomic mass is 15.3. The van der Waals surface area contributed by atoms with Gasteiger partial charge in [-0.3, -0.25) is 9.80 Å². The van der Waals surface area contributed by atoms with Gasteiger partial charge in [-0.1, -0.05) is 6.92 Å². The lowest BCUT2D eigenvalue weighted by Gasteiger charge is -2.40. The molecule has 4 heteroatoms. The van der Waals surface area contributed by atoms with E-state index >= 15 is 0 Å². The largest absolute Gasteiger partial charge is 0.314 e. The first kappa shape index (κ1) is 16.2. The molecule has 1 saturated heterocycles. The molecular weight excluding hydrogens is 248 g/mol. The summed E-state index contributed by atoms with van der Waals surface area (Å²) in [5.41, 5.74) is 0. The second-order valence-corrected chi connectivity index (χ2v) is 7.08. The van der Waals surface area contributed by atoms with Gasteiger partial charge in [0.25, 0.3) is 0 Å². The molecular formula is C16H34N4. The Labute approximate surface area is 125 Å². The number of rotatable bonds is 8. The quantitative estimate of drug-likeness (QED) is 0.715. The van der Waals surface area contributed by atoms with Gasteiger partial charge in [0.05, 0.1) is 0 Å². The van der Waals surface area contributed by atoms with Crippen molar-refractivity contribution < 1.29 is 0 Å². The number of piperazine rings is 1. The first-order chi connectivity index (χ1) is 9.56. The maximum Gasteiger partial charge on any atom is 0.0113 e. The van der Waals surface area contributed by atoms with Crippen molar-refractivity contribution in [3.63, 3.8) is 0 Å². The molecule has 4 nitrogen and oxygen atoms in total. The van der Waals surface area contributed by atoms with Gasteiger partial charge >= 0.3 is 0 Å². The summed E-state index contributed by atoms with van der Waals surface area (Å²) in [6.45, 7) is 13.3. The average molecular weight is 282 g/mol. The molecule has 118 valence electrons. The summed E-state index contributed by atoms with van der Waals surface area (Å²) in [5, 5.41) is 3.68. The Kier molecular flexibility index (Phi) is 6.27. The zero-order chi connectivity index (χ0) is 14.5. The molecule has 2 rings (SSSR count). The Hall–Kier alpha value is -0.160. The third-order valence-corrected chi connectivity index (χ3v) is 4.98. The van der Waals surface area contributed by atoms with Crippen LogP contribution < -0.4 is 5.32 Å². The first-order valence-corrected chi connectivity index (χ1v) is 8.40. The van der Waals surface area contributed by atoms with Crippen LogP contribution in [0.1, 0.15) is 26.7 Å². The second-order valence-electron chi connectivity index (χ2n) is 7.08. The fourth-order valence-corrected chi connectivity index (χ4v) is 2.91. The van der Waals surface area contributed by atoms with Crippen molar-refractivity contribution >= 4 is 0 Å². The minimum Gasteiger partial charge on any atom is -0.314 e. The molecule has 1 saturated carbocycles. The third-order valence-electron chi connectivity index (χ3n) is 4.98. The Morgan fingerprint density at radius 1 is 1.10 bits per heavy atom. The van der Waals surface area contributed by atoms with Gasteiger partial charge in [0.15, 0.2) is 0 Å². The van der Waals surface area contributed by atoms with Crippen LogP contribution in [0.4, 0.5) is 0 Å². The van der Waals surface area contributed by atoms with E-state index in [1.54, 1.807) is 0 Å².